The van der Waals surface area contributed by atoms with Crippen LogP contribution < -0.4 is 5.56 Å². The van der Waals surface area contributed by atoms with Crippen molar-refractivity contribution in [3.05, 3.63) is 43.7 Å². The Morgan fingerprint density at radius 3 is 2.81 bits per heavy atom. The van der Waals surface area contributed by atoms with E-state index < -0.39 is 0 Å². The van der Waals surface area contributed by atoms with Gasteiger partial charge in [-0.2, -0.15) is 5.10 Å². The normalized spacial score (nSPS) is 10.7. The number of nitrogens with zero attached hydrogens (tertiary/aromatic N) is 4. The van der Waals surface area contributed by atoms with E-state index in [1.54, 1.807) is 12.4 Å². The minimum absolute atomic E-state index is 0.183. The first-order valence-electron chi connectivity index (χ1n) is 4.47. The van der Waals surface area contributed by atoms with Gasteiger partial charge in [0.1, 0.15) is 16.8 Å². The second-order valence-electron chi connectivity index (χ2n) is 3.22. The summed E-state index contributed by atoms with van der Waals surface area (Å²) in [7, 11) is 1.88. The van der Waals surface area contributed by atoms with Gasteiger partial charge in [0, 0.05) is 19.4 Å². The third-order valence-electron chi connectivity index (χ3n) is 2.15. The molecule has 0 radical (unpaired) electrons. The first-order valence-corrected chi connectivity index (χ1v) is 6.05. The van der Waals surface area contributed by atoms with Crippen molar-refractivity contribution in [2.24, 2.45) is 7.05 Å². The van der Waals surface area contributed by atoms with Gasteiger partial charge in [0.15, 0.2) is 0 Å². The Balaban J connectivity index is 2.40. The fourth-order valence-electron chi connectivity index (χ4n) is 1.24. The smallest absolute Gasteiger partial charge is 0.282 e. The van der Waals surface area contributed by atoms with Crippen LogP contribution in [-0.2, 0) is 13.6 Å². The van der Waals surface area contributed by atoms with Crippen LogP contribution >= 0.6 is 31.9 Å². The molecule has 0 aliphatic rings. The van der Waals surface area contributed by atoms with Crippen molar-refractivity contribution in [2.45, 2.75) is 6.54 Å². The molecular weight excluding hydrogens is 340 g/mol. The summed E-state index contributed by atoms with van der Waals surface area (Å²) in [4.78, 5) is 16.0. The molecule has 16 heavy (non-hydrogen) atoms. The van der Waals surface area contributed by atoms with Gasteiger partial charge in [0.25, 0.3) is 5.56 Å². The van der Waals surface area contributed by atoms with Gasteiger partial charge in [-0.25, -0.2) is 9.67 Å². The monoisotopic (exact) mass is 346 g/mol. The SMILES string of the molecule is Cn1ccnc1Cn1ncc(Br)c(Br)c1=O. The van der Waals surface area contributed by atoms with Crippen LogP contribution in [-0.4, -0.2) is 19.3 Å². The maximum absolute atomic E-state index is 11.8. The number of halogens is 2. The van der Waals surface area contributed by atoms with E-state index in [9.17, 15) is 4.79 Å². The zero-order valence-electron chi connectivity index (χ0n) is 8.39. The van der Waals surface area contributed by atoms with Crippen LogP contribution in [0.4, 0.5) is 0 Å². The molecule has 0 unspecified atom stereocenters. The zero-order valence-corrected chi connectivity index (χ0v) is 11.6. The average Bonchev–Trinajstić information content (AvgIpc) is 2.65. The lowest BCUT2D eigenvalue weighted by Crippen LogP contribution is -2.25. The topological polar surface area (TPSA) is 52.7 Å². The van der Waals surface area contributed by atoms with Crippen molar-refractivity contribution >= 4 is 31.9 Å². The highest BCUT2D eigenvalue weighted by Gasteiger charge is 2.08. The molecule has 0 bridgehead atoms. The molecule has 5 nitrogen and oxygen atoms in total. The van der Waals surface area contributed by atoms with E-state index in [-0.39, 0.29) is 5.56 Å². The Labute approximate surface area is 108 Å². The summed E-state index contributed by atoms with van der Waals surface area (Å²) < 4.78 is 4.33. The Morgan fingerprint density at radius 2 is 2.19 bits per heavy atom. The molecule has 0 aromatic carbocycles. The van der Waals surface area contributed by atoms with Crippen LogP contribution in [0.25, 0.3) is 0 Å². The van der Waals surface area contributed by atoms with E-state index in [1.165, 1.54) is 4.68 Å². The summed E-state index contributed by atoms with van der Waals surface area (Å²) in [6.07, 6.45) is 5.09. The predicted octanol–water partition coefficient (Wildman–Crippen LogP) is 1.55. The van der Waals surface area contributed by atoms with Crippen molar-refractivity contribution in [1.82, 2.24) is 19.3 Å². The van der Waals surface area contributed by atoms with Crippen LogP contribution in [0.1, 0.15) is 5.82 Å². The molecule has 84 valence electrons. The van der Waals surface area contributed by atoms with Crippen LogP contribution in [0.5, 0.6) is 0 Å². The molecule has 0 saturated carbocycles. The largest absolute Gasteiger partial charge is 0.336 e. The Hall–Kier alpha value is -0.950. The zero-order chi connectivity index (χ0) is 11.7. The highest BCUT2D eigenvalue weighted by molar-refractivity contribution is 9.13. The molecule has 2 aromatic rings. The molecule has 7 heteroatoms. The van der Waals surface area contributed by atoms with E-state index in [0.717, 1.165) is 5.82 Å². The number of aryl methyl sites for hydroxylation is 1. The molecule has 0 amide bonds. The minimum atomic E-state index is -0.183. The molecule has 0 aliphatic heterocycles. The molecule has 0 atom stereocenters. The Kier molecular flexibility index (Phi) is 3.25. The second-order valence-corrected chi connectivity index (χ2v) is 4.87. The van der Waals surface area contributed by atoms with Crippen LogP contribution in [0, 0.1) is 0 Å². The summed E-state index contributed by atoms with van der Waals surface area (Å²) in [5, 5.41) is 4.03. The van der Waals surface area contributed by atoms with Crippen molar-refractivity contribution < 1.29 is 0 Å². The summed E-state index contributed by atoms with van der Waals surface area (Å²) in [5.41, 5.74) is -0.183. The van der Waals surface area contributed by atoms with E-state index in [4.69, 9.17) is 0 Å². The second kappa shape index (κ2) is 4.50. The highest BCUT2D eigenvalue weighted by Crippen LogP contribution is 2.16. The van der Waals surface area contributed by atoms with Gasteiger partial charge < -0.3 is 4.57 Å². The number of imidazole rings is 1. The van der Waals surface area contributed by atoms with E-state index in [2.05, 4.69) is 41.9 Å². The quantitative estimate of drug-likeness (QED) is 0.828. The van der Waals surface area contributed by atoms with Crippen molar-refractivity contribution in [3.63, 3.8) is 0 Å². The van der Waals surface area contributed by atoms with E-state index in [0.29, 0.717) is 15.5 Å². The lowest BCUT2D eigenvalue weighted by Gasteiger charge is -2.05. The summed E-state index contributed by atoms with van der Waals surface area (Å²) >= 11 is 6.43. The predicted molar refractivity (Wildman–Crippen MR) is 66.2 cm³/mol. The van der Waals surface area contributed by atoms with Gasteiger partial charge in [0.05, 0.1) is 10.7 Å². The van der Waals surface area contributed by atoms with Gasteiger partial charge in [-0.15, -0.1) is 0 Å². The minimum Gasteiger partial charge on any atom is -0.336 e. The van der Waals surface area contributed by atoms with Crippen LogP contribution in [0.2, 0.25) is 0 Å². The lowest BCUT2D eigenvalue weighted by atomic mass is 10.5. The standard InChI is InChI=1S/C9H8Br2N4O/c1-14-3-2-12-7(14)5-15-9(16)8(11)6(10)4-13-15/h2-4H,5H2,1H3. The summed E-state index contributed by atoms with van der Waals surface area (Å²) in [6.45, 7) is 0.355. The van der Waals surface area contributed by atoms with Crippen LogP contribution in [0.3, 0.4) is 0 Å². The van der Waals surface area contributed by atoms with Crippen molar-refractivity contribution in [3.8, 4) is 0 Å². The molecule has 0 aliphatic carbocycles. The Bertz CT molecular complexity index is 575. The average molecular weight is 348 g/mol. The fraction of sp³-hybridized carbons (Fsp3) is 0.222. The molecule has 2 aromatic heterocycles. The molecule has 2 rings (SSSR count). The molecule has 0 spiro atoms. The highest BCUT2D eigenvalue weighted by atomic mass is 79.9. The third-order valence-corrected chi connectivity index (χ3v) is 4.05. The molecule has 0 saturated heterocycles. The first kappa shape index (κ1) is 11.5. The summed E-state index contributed by atoms with van der Waals surface area (Å²) in [5.74, 6) is 0.781. The lowest BCUT2D eigenvalue weighted by molar-refractivity contribution is 0.593. The number of aromatic nitrogens is 4. The fourth-order valence-corrected chi connectivity index (χ4v) is 1.81. The number of rotatable bonds is 2. The van der Waals surface area contributed by atoms with Gasteiger partial charge >= 0.3 is 0 Å². The van der Waals surface area contributed by atoms with Crippen molar-refractivity contribution in [1.29, 1.82) is 0 Å². The summed E-state index contributed by atoms with van der Waals surface area (Å²) in [6, 6.07) is 0. The molecule has 0 N–H and O–H groups in total. The van der Waals surface area contributed by atoms with E-state index in [1.807, 2.05) is 17.8 Å². The number of hydrogen-bond acceptors (Lipinski definition) is 3. The van der Waals surface area contributed by atoms with Gasteiger partial charge in [0.2, 0.25) is 0 Å². The first-order chi connectivity index (χ1) is 7.59. The molecule has 0 fully saturated rings. The maximum Gasteiger partial charge on any atom is 0.282 e. The third kappa shape index (κ3) is 2.10. The van der Waals surface area contributed by atoms with Gasteiger partial charge in [-0.3, -0.25) is 4.79 Å². The molecule has 2 heterocycles. The number of hydrogen-bond donors (Lipinski definition) is 0. The van der Waals surface area contributed by atoms with Gasteiger partial charge in [-0.05, 0) is 31.9 Å². The van der Waals surface area contributed by atoms with Crippen molar-refractivity contribution in [2.75, 3.05) is 0 Å². The van der Waals surface area contributed by atoms with Crippen LogP contribution in [0.15, 0.2) is 32.3 Å². The maximum atomic E-state index is 11.8. The van der Waals surface area contributed by atoms with E-state index >= 15 is 0 Å². The molecular formula is C9H8Br2N4O. The Morgan fingerprint density at radius 1 is 1.44 bits per heavy atom. The van der Waals surface area contributed by atoms with Gasteiger partial charge in [-0.1, -0.05) is 0 Å².